The van der Waals surface area contributed by atoms with Gasteiger partial charge in [0.05, 0.1) is 18.9 Å². The number of rotatable bonds is 4. The number of ether oxygens (including phenoxy) is 1. The first kappa shape index (κ1) is 21.0. The molecule has 0 bridgehead atoms. The van der Waals surface area contributed by atoms with Gasteiger partial charge in [-0.1, -0.05) is 36.4 Å². The Balaban J connectivity index is 1.56. The first-order valence-corrected chi connectivity index (χ1v) is 11.8. The van der Waals surface area contributed by atoms with Gasteiger partial charge in [0.25, 0.3) is 16.0 Å². The summed E-state index contributed by atoms with van der Waals surface area (Å²) in [7, 11) is -3.57. The van der Waals surface area contributed by atoms with Crippen molar-refractivity contribution in [1.29, 1.82) is 0 Å². The maximum Gasteiger partial charge on any atom is 0.264 e. The van der Waals surface area contributed by atoms with Crippen LogP contribution in [0.2, 0.25) is 0 Å². The fourth-order valence-corrected chi connectivity index (χ4v) is 4.88. The van der Waals surface area contributed by atoms with Crippen molar-refractivity contribution in [2.45, 2.75) is 37.5 Å². The summed E-state index contributed by atoms with van der Waals surface area (Å²) in [5.41, 5.74) is 3.03. The minimum Gasteiger partial charge on any atom is -0.366 e. The van der Waals surface area contributed by atoms with E-state index in [2.05, 4.69) is 6.07 Å². The van der Waals surface area contributed by atoms with E-state index in [4.69, 9.17) is 8.92 Å². The number of carbonyl (C=O) groups excluding carboxylic acids is 1. The van der Waals surface area contributed by atoms with E-state index >= 15 is 0 Å². The molecule has 2 heterocycles. The lowest BCUT2D eigenvalue weighted by Crippen LogP contribution is -2.48. The molecule has 1 fully saturated rings. The van der Waals surface area contributed by atoms with Crippen LogP contribution in [-0.4, -0.2) is 50.8 Å². The summed E-state index contributed by atoms with van der Waals surface area (Å²) in [5, 5.41) is 0. The number of halogens is 1. The molecule has 160 valence electrons. The monoisotopic (exact) mass is 433 g/mol. The SMILES string of the molecule is CS(=O)(=O)O[C@H]1CC[C@H](C(=O)N2CCc3ccccc3[C@@H]2c2ccc(F)cc2)OC1. The molecule has 6 nitrogen and oxygen atoms in total. The van der Waals surface area contributed by atoms with Crippen molar-refractivity contribution >= 4 is 16.0 Å². The third kappa shape index (κ3) is 4.55. The van der Waals surface area contributed by atoms with E-state index in [0.717, 1.165) is 23.8 Å². The van der Waals surface area contributed by atoms with Gasteiger partial charge in [0.15, 0.2) is 0 Å². The van der Waals surface area contributed by atoms with Crippen LogP contribution in [0.3, 0.4) is 0 Å². The first-order valence-electron chi connectivity index (χ1n) is 9.95. The molecule has 0 N–H and O–H groups in total. The molecule has 8 heteroatoms. The van der Waals surface area contributed by atoms with Crippen LogP contribution in [0.5, 0.6) is 0 Å². The van der Waals surface area contributed by atoms with Gasteiger partial charge in [-0.05, 0) is 48.1 Å². The topological polar surface area (TPSA) is 72.9 Å². The molecule has 0 aromatic heterocycles. The molecule has 1 amide bonds. The second-order valence-electron chi connectivity index (χ2n) is 7.76. The summed E-state index contributed by atoms with van der Waals surface area (Å²) in [6.45, 7) is 0.580. The van der Waals surface area contributed by atoms with Crippen LogP contribution in [-0.2, 0) is 30.3 Å². The number of carbonyl (C=O) groups is 1. The zero-order valence-electron chi connectivity index (χ0n) is 16.7. The molecule has 2 aliphatic rings. The highest BCUT2D eigenvalue weighted by molar-refractivity contribution is 7.86. The van der Waals surface area contributed by atoms with E-state index < -0.39 is 22.3 Å². The highest BCUT2D eigenvalue weighted by Gasteiger charge is 2.38. The molecule has 0 saturated carbocycles. The van der Waals surface area contributed by atoms with E-state index in [1.54, 1.807) is 17.0 Å². The Morgan fingerprint density at radius 3 is 2.53 bits per heavy atom. The van der Waals surface area contributed by atoms with Crippen molar-refractivity contribution in [2.75, 3.05) is 19.4 Å². The zero-order valence-corrected chi connectivity index (χ0v) is 17.5. The predicted molar refractivity (Wildman–Crippen MR) is 109 cm³/mol. The molecule has 0 radical (unpaired) electrons. The molecule has 0 spiro atoms. The van der Waals surface area contributed by atoms with Crippen LogP contribution in [0.1, 0.15) is 35.6 Å². The maximum absolute atomic E-state index is 13.5. The lowest BCUT2D eigenvalue weighted by Gasteiger charge is -2.40. The van der Waals surface area contributed by atoms with Gasteiger partial charge in [-0.15, -0.1) is 0 Å². The van der Waals surface area contributed by atoms with Crippen molar-refractivity contribution in [2.24, 2.45) is 0 Å². The lowest BCUT2D eigenvalue weighted by atomic mass is 9.87. The highest BCUT2D eigenvalue weighted by Crippen LogP contribution is 2.36. The van der Waals surface area contributed by atoms with E-state index in [0.29, 0.717) is 19.4 Å². The zero-order chi connectivity index (χ0) is 21.3. The predicted octanol–water partition coefficient (Wildman–Crippen LogP) is 2.82. The summed E-state index contributed by atoms with van der Waals surface area (Å²) >= 11 is 0. The quantitative estimate of drug-likeness (QED) is 0.694. The van der Waals surface area contributed by atoms with Crippen LogP contribution in [0, 0.1) is 5.82 Å². The largest absolute Gasteiger partial charge is 0.366 e. The van der Waals surface area contributed by atoms with Crippen molar-refractivity contribution in [1.82, 2.24) is 4.90 Å². The average Bonchev–Trinajstić information content (AvgIpc) is 2.72. The van der Waals surface area contributed by atoms with Crippen molar-refractivity contribution in [3.05, 3.63) is 71.0 Å². The Morgan fingerprint density at radius 2 is 1.87 bits per heavy atom. The fourth-order valence-electron chi connectivity index (χ4n) is 4.24. The molecular weight excluding hydrogens is 409 g/mol. The lowest BCUT2D eigenvalue weighted by molar-refractivity contribution is -0.152. The third-order valence-corrected chi connectivity index (χ3v) is 6.19. The van der Waals surface area contributed by atoms with Gasteiger partial charge in [0.2, 0.25) is 0 Å². The summed E-state index contributed by atoms with van der Waals surface area (Å²) < 4.78 is 46.8. The Labute approximate surface area is 175 Å². The van der Waals surface area contributed by atoms with Gasteiger partial charge < -0.3 is 9.64 Å². The van der Waals surface area contributed by atoms with Crippen molar-refractivity contribution < 1.29 is 26.5 Å². The third-order valence-electron chi connectivity index (χ3n) is 5.57. The summed E-state index contributed by atoms with van der Waals surface area (Å²) in [6.07, 6.45) is 1.31. The second kappa shape index (κ2) is 8.45. The van der Waals surface area contributed by atoms with Gasteiger partial charge in [-0.3, -0.25) is 8.98 Å². The summed E-state index contributed by atoms with van der Waals surface area (Å²) in [4.78, 5) is 15.2. The van der Waals surface area contributed by atoms with E-state index in [1.807, 2.05) is 18.2 Å². The maximum atomic E-state index is 13.5. The number of hydrogen-bond acceptors (Lipinski definition) is 5. The van der Waals surface area contributed by atoms with E-state index in [-0.39, 0.29) is 24.4 Å². The van der Waals surface area contributed by atoms with Gasteiger partial charge in [-0.25, -0.2) is 4.39 Å². The number of nitrogens with zero attached hydrogens (tertiary/aromatic N) is 1. The molecule has 2 aliphatic heterocycles. The minimum absolute atomic E-state index is 0.0507. The standard InChI is InChI=1S/C22H24FNO5S/c1-30(26,27)29-18-10-11-20(28-14-18)22(25)24-13-12-15-4-2-3-5-19(15)21(24)16-6-8-17(23)9-7-16/h2-9,18,20-21H,10-14H2,1H3/t18-,20+,21-/m0/s1. The Hall–Kier alpha value is -2.29. The van der Waals surface area contributed by atoms with Crippen molar-refractivity contribution in [3.63, 3.8) is 0 Å². The molecule has 30 heavy (non-hydrogen) atoms. The van der Waals surface area contributed by atoms with Gasteiger partial charge in [0.1, 0.15) is 18.0 Å². The normalized spacial score (nSPS) is 24.3. The fraction of sp³-hybridized carbons (Fsp3) is 0.409. The van der Waals surface area contributed by atoms with Crippen LogP contribution in [0.15, 0.2) is 48.5 Å². The Morgan fingerprint density at radius 1 is 1.13 bits per heavy atom. The van der Waals surface area contributed by atoms with E-state index in [1.165, 1.54) is 17.7 Å². The van der Waals surface area contributed by atoms with Gasteiger partial charge >= 0.3 is 0 Å². The summed E-state index contributed by atoms with van der Waals surface area (Å²) in [5.74, 6) is -0.468. The van der Waals surface area contributed by atoms with Gasteiger partial charge in [0, 0.05) is 6.54 Å². The molecule has 2 aromatic rings. The number of fused-ring (bicyclic) bond motifs is 1. The average molecular weight is 434 g/mol. The Kier molecular flexibility index (Phi) is 5.90. The van der Waals surface area contributed by atoms with Crippen LogP contribution < -0.4 is 0 Å². The molecule has 2 aromatic carbocycles. The number of amides is 1. The molecule has 0 aliphatic carbocycles. The van der Waals surface area contributed by atoms with Gasteiger partial charge in [-0.2, -0.15) is 8.42 Å². The number of hydrogen-bond donors (Lipinski definition) is 0. The van der Waals surface area contributed by atoms with Crippen LogP contribution in [0.4, 0.5) is 4.39 Å². The molecule has 3 atom stereocenters. The first-order chi connectivity index (χ1) is 14.3. The Bertz CT molecular complexity index is 1020. The summed E-state index contributed by atoms with van der Waals surface area (Å²) in [6, 6.07) is 13.9. The minimum atomic E-state index is -3.57. The molecule has 4 rings (SSSR count). The molecular formula is C22H24FNO5S. The second-order valence-corrected chi connectivity index (χ2v) is 9.36. The molecule has 1 saturated heterocycles. The smallest absolute Gasteiger partial charge is 0.264 e. The van der Waals surface area contributed by atoms with Crippen LogP contribution >= 0.6 is 0 Å². The highest BCUT2D eigenvalue weighted by atomic mass is 32.2. The van der Waals surface area contributed by atoms with Crippen molar-refractivity contribution in [3.8, 4) is 0 Å². The number of benzene rings is 2. The molecule has 0 unspecified atom stereocenters. The van der Waals surface area contributed by atoms with Crippen LogP contribution in [0.25, 0.3) is 0 Å². The van der Waals surface area contributed by atoms with E-state index in [9.17, 15) is 17.6 Å².